The molecule has 0 aliphatic rings. The molecule has 2 N–H and O–H groups in total. The first-order valence-electron chi connectivity index (χ1n) is 6.79. The molecule has 0 radical (unpaired) electrons. The SMILES string of the molecule is CCc1ccc(NS(=O)(=O)c2cc(C(=O)O)ccc2C)cc1. The Morgan fingerprint density at radius 3 is 2.32 bits per heavy atom. The lowest BCUT2D eigenvalue weighted by Gasteiger charge is -2.11. The molecule has 0 unspecified atom stereocenters. The molecule has 116 valence electrons. The van der Waals surface area contributed by atoms with Gasteiger partial charge in [0, 0.05) is 5.69 Å². The lowest BCUT2D eigenvalue weighted by atomic mass is 10.1. The third-order valence-corrected chi connectivity index (χ3v) is 4.86. The number of carboxylic acids is 1. The summed E-state index contributed by atoms with van der Waals surface area (Å²) in [7, 11) is -3.83. The van der Waals surface area contributed by atoms with Crippen molar-refractivity contribution < 1.29 is 18.3 Å². The van der Waals surface area contributed by atoms with Gasteiger partial charge in [-0.25, -0.2) is 13.2 Å². The third-order valence-electron chi connectivity index (χ3n) is 3.34. The number of sulfonamides is 1. The van der Waals surface area contributed by atoms with Gasteiger partial charge in [-0.1, -0.05) is 25.1 Å². The Kier molecular flexibility index (Phi) is 4.51. The molecule has 0 aliphatic heterocycles. The smallest absolute Gasteiger partial charge is 0.335 e. The number of carbonyl (C=O) groups is 1. The lowest BCUT2D eigenvalue weighted by Crippen LogP contribution is -2.15. The van der Waals surface area contributed by atoms with Gasteiger partial charge in [-0.15, -0.1) is 0 Å². The Balaban J connectivity index is 2.37. The van der Waals surface area contributed by atoms with E-state index in [1.807, 2.05) is 19.1 Å². The standard InChI is InChI=1S/C16H17NO4S/c1-3-12-5-8-14(9-6-12)17-22(20,21)15-10-13(16(18)19)7-4-11(15)2/h4-10,17H,3H2,1-2H3,(H,18,19). The molecule has 2 aromatic rings. The first-order chi connectivity index (χ1) is 10.3. The zero-order chi connectivity index (χ0) is 16.3. The van der Waals surface area contributed by atoms with Crippen LogP contribution in [0.4, 0.5) is 5.69 Å². The van der Waals surface area contributed by atoms with Gasteiger partial charge in [-0.2, -0.15) is 0 Å². The highest BCUT2D eigenvalue weighted by molar-refractivity contribution is 7.92. The highest BCUT2D eigenvalue weighted by Crippen LogP contribution is 2.21. The molecular formula is C16H17NO4S. The van der Waals surface area contributed by atoms with Crippen LogP contribution >= 0.6 is 0 Å². The molecule has 0 amide bonds. The largest absolute Gasteiger partial charge is 0.478 e. The van der Waals surface area contributed by atoms with Gasteiger partial charge in [-0.3, -0.25) is 4.72 Å². The zero-order valence-electron chi connectivity index (χ0n) is 12.3. The number of hydrogen-bond donors (Lipinski definition) is 2. The van der Waals surface area contributed by atoms with Gasteiger partial charge < -0.3 is 5.11 Å². The average molecular weight is 319 g/mol. The summed E-state index contributed by atoms with van der Waals surface area (Å²) in [4.78, 5) is 11.0. The molecule has 2 rings (SSSR count). The van der Waals surface area contributed by atoms with Crippen molar-refractivity contribution in [2.24, 2.45) is 0 Å². The predicted molar refractivity (Wildman–Crippen MR) is 84.8 cm³/mol. The highest BCUT2D eigenvalue weighted by atomic mass is 32.2. The third kappa shape index (κ3) is 3.46. The van der Waals surface area contributed by atoms with Crippen LogP contribution in [0.1, 0.15) is 28.4 Å². The van der Waals surface area contributed by atoms with Gasteiger partial charge in [-0.05, 0) is 48.7 Å². The number of aromatic carboxylic acids is 1. The molecule has 22 heavy (non-hydrogen) atoms. The molecule has 0 saturated heterocycles. The van der Waals surface area contributed by atoms with Gasteiger partial charge in [0.1, 0.15) is 0 Å². The van der Waals surface area contributed by atoms with Crippen molar-refractivity contribution in [1.82, 2.24) is 0 Å². The number of benzene rings is 2. The normalized spacial score (nSPS) is 11.2. The van der Waals surface area contributed by atoms with Gasteiger partial charge >= 0.3 is 5.97 Å². The van der Waals surface area contributed by atoms with Gasteiger partial charge in [0.15, 0.2) is 0 Å². The zero-order valence-corrected chi connectivity index (χ0v) is 13.1. The Labute approximate surface area is 129 Å². The van der Waals surface area contributed by atoms with Crippen LogP contribution in [0.2, 0.25) is 0 Å². The minimum atomic E-state index is -3.83. The van der Waals surface area contributed by atoms with Crippen molar-refractivity contribution in [3.8, 4) is 0 Å². The van der Waals surface area contributed by atoms with Crippen LogP contribution in [0.3, 0.4) is 0 Å². The molecule has 2 aromatic carbocycles. The van der Waals surface area contributed by atoms with E-state index in [9.17, 15) is 13.2 Å². The fourth-order valence-corrected chi connectivity index (χ4v) is 3.37. The van der Waals surface area contributed by atoms with Crippen LogP contribution in [-0.2, 0) is 16.4 Å². The number of rotatable bonds is 5. The minimum Gasteiger partial charge on any atom is -0.478 e. The molecule has 0 fully saturated rings. The van der Waals surface area contributed by atoms with Crippen molar-refractivity contribution >= 4 is 21.7 Å². The van der Waals surface area contributed by atoms with Crippen LogP contribution in [0.15, 0.2) is 47.4 Å². The molecule has 6 heteroatoms. The molecule has 0 atom stereocenters. The summed E-state index contributed by atoms with van der Waals surface area (Å²) in [5, 5.41) is 9.00. The number of anilines is 1. The molecule has 5 nitrogen and oxygen atoms in total. The second-order valence-corrected chi connectivity index (χ2v) is 6.59. The monoisotopic (exact) mass is 319 g/mol. The first-order valence-corrected chi connectivity index (χ1v) is 8.27. The summed E-state index contributed by atoms with van der Waals surface area (Å²) in [6.45, 7) is 3.64. The topological polar surface area (TPSA) is 83.5 Å². The van der Waals surface area contributed by atoms with E-state index in [0.29, 0.717) is 11.3 Å². The van der Waals surface area contributed by atoms with Crippen molar-refractivity contribution in [3.05, 3.63) is 59.2 Å². The number of carboxylic acid groups (broad SMARTS) is 1. The summed E-state index contributed by atoms with van der Waals surface area (Å²) in [5.74, 6) is -1.16. The molecule has 0 heterocycles. The van der Waals surface area contributed by atoms with Gasteiger partial charge in [0.25, 0.3) is 10.0 Å². The maximum absolute atomic E-state index is 12.4. The number of nitrogens with one attached hydrogen (secondary N) is 1. The molecule has 0 aliphatic carbocycles. The molecule has 0 bridgehead atoms. The quantitative estimate of drug-likeness (QED) is 0.887. The Bertz CT molecular complexity index is 795. The minimum absolute atomic E-state index is 0.0352. The van der Waals surface area contributed by atoms with Crippen LogP contribution in [0, 0.1) is 6.92 Å². The summed E-state index contributed by atoms with van der Waals surface area (Å²) < 4.78 is 27.4. The van der Waals surface area contributed by atoms with Crippen molar-refractivity contribution in [3.63, 3.8) is 0 Å². The molecular weight excluding hydrogens is 302 g/mol. The van der Waals surface area contributed by atoms with Crippen LogP contribution in [0.25, 0.3) is 0 Å². The summed E-state index contributed by atoms with van der Waals surface area (Å²) in [6.07, 6.45) is 0.868. The number of aryl methyl sites for hydroxylation is 2. The Morgan fingerprint density at radius 2 is 1.77 bits per heavy atom. The molecule has 0 aromatic heterocycles. The fraction of sp³-hybridized carbons (Fsp3) is 0.188. The second kappa shape index (κ2) is 6.19. The Hall–Kier alpha value is -2.34. The van der Waals surface area contributed by atoms with E-state index in [4.69, 9.17) is 5.11 Å². The molecule has 0 saturated carbocycles. The van der Waals surface area contributed by atoms with E-state index < -0.39 is 16.0 Å². The maximum Gasteiger partial charge on any atom is 0.335 e. The van der Waals surface area contributed by atoms with Gasteiger partial charge in [0.05, 0.1) is 10.5 Å². The van der Waals surface area contributed by atoms with E-state index in [-0.39, 0.29) is 10.5 Å². The summed E-state index contributed by atoms with van der Waals surface area (Å²) in [6, 6.07) is 11.1. The van der Waals surface area contributed by atoms with Gasteiger partial charge in [0.2, 0.25) is 0 Å². The highest BCUT2D eigenvalue weighted by Gasteiger charge is 2.19. The summed E-state index contributed by atoms with van der Waals surface area (Å²) in [5.41, 5.74) is 1.97. The maximum atomic E-state index is 12.4. The first kappa shape index (κ1) is 16.0. The van der Waals surface area contributed by atoms with Crippen molar-refractivity contribution in [2.75, 3.05) is 4.72 Å². The fourth-order valence-electron chi connectivity index (χ4n) is 2.04. The van der Waals surface area contributed by atoms with Crippen LogP contribution in [0.5, 0.6) is 0 Å². The molecule has 0 spiro atoms. The predicted octanol–water partition coefficient (Wildman–Crippen LogP) is 3.06. The second-order valence-electron chi connectivity index (χ2n) is 4.94. The van der Waals surface area contributed by atoms with E-state index in [2.05, 4.69) is 4.72 Å². The van der Waals surface area contributed by atoms with Crippen LogP contribution in [-0.4, -0.2) is 19.5 Å². The summed E-state index contributed by atoms with van der Waals surface area (Å²) >= 11 is 0. The average Bonchev–Trinajstić information content (AvgIpc) is 2.47. The Morgan fingerprint density at radius 1 is 1.14 bits per heavy atom. The van der Waals surface area contributed by atoms with Crippen molar-refractivity contribution in [1.29, 1.82) is 0 Å². The lowest BCUT2D eigenvalue weighted by molar-refractivity contribution is 0.0696. The number of hydrogen-bond acceptors (Lipinski definition) is 3. The van der Waals surface area contributed by atoms with E-state index in [1.54, 1.807) is 19.1 Å². The van der Waals surface area contributed by atoms with E-state index in [1.165, 1.54) is 18.2 Å². The van der Waals surface area contributed by atoms with E-state index in [0.717, 1.165) is 12.0 Å². The van der Waals surface area contributed by atoms with E-state index >= 15 is 0 Å². The van der Waals surface area contributed by atoms with Crippen LogP contribution < -0.4 is 4.72 Å². The van der Waals surface area contributed by atoms with Crippen molar-refractivity contribution in [2.45, 2.75) is 25.2 Å².